The van der Waals surface area contributed by atoms with E-state index in [2.05, 4.69) is 5.32 Å². The summed E-state index contributed by atoms with van der Waals surface area (Å²) in [4.78, 5) is 12.7. The molecule has 1 aliphatic heterocycles. The number of carbonyl (C=O) groups excluding carboxylic acids is 1. The third kappa shape index (κ3) is 5.09. The van der Waals surface area contributed by atoms with E-state index in [0.29, 0.717) is 31.0 Å². The van der Waals surface area contributed by atoms with Gasteiger partial charge in [0, 0.05) is 24.7 Å². The fourth-order valence-corrected chi connectivity index (χ4v) is 4.90. The predicted molar refractivity (Wildman–Crippen MR) is 106 cm³/mol. The number of hydrogen-bond acceptors (Lipinski definition) is 3. The van der Waals surface area contributed by atoms with Crippen LogP contribution in [0.1, 0.15) is 18.4 Å². The molecule has 0 spiro atoms. The number of nitrogens with one attached hydrogen (secondary N) is 1. The summed E-state index contributed by atoms with van der Waals surface area (Å²) >= 11 is 5.84. The van der Waals surface area contributed by atoms with Gasteiger partial charge in [-0.15, -0.1) is 0 Å². The molecule has 1 N–H and O–H groups in total. The number of benzene rings is 2. The molecule has 7 heteroatoms. The Balaban J connectivity index is 1.58. The minimum Gasteiger partial charge on any atom is -0.355 e. The van der Waals surface area contributed by atoms with Crippen LogP contribution in [-0.2, 0) is 21.2 Å². The summed E-state index contributed by atoms with van der Waals surface area (Å²) in [6.07, 6.45) is 2.12. The van der Waals surface area contributed by atoms with Gasteiger partial charge in [-0.25, -0.2) is 8.42 Å². The largest absolute Gasteiger partial charge is 0.355 e. The van der Waals surface area contributed by atoms with Crippen LogP contribution in [0.3, 0.4) is 0 Å². The molecule has 5 nitrogen and oxygen atoms in total. The molecule has 1 amide bonds. The molecule has 1 atom stereocenters. The minimum atomic E-state index is -3.61. The van der Waals surface area contributed by atoms with Gasteiger partial charge >= 0.3 is 0 Å². The second kappa shape index (κ2) is 8.87. The van der Waals surface area contributed by atoms with Crippen LogP contribution >= 0.6 is 11.6 Å². The third-order valence-corrected chi connectivity index (χ3v) is 6.89. The number of rotatable bonds is 6. The average Bonchev–Trinajstić information content (AvgIpc) is 2.69. The van der Waals surface area contributed by atoms with Crippen molar-refractivity contribution in [3.8, 4) is 0 Å². The predicted octanol–water partition coefficient (Wildman–Crippen LogP) is 3.10. The van der Waals surface area contributed by atoms with Crippen molar-refractivity contribution in [1.82, 2.24) is 9.62 Å². The Labute approximate surface area is 165 Å². The van der Waals surface area contributed by atoms with E-state index in [1.54, 1.807) is 12.1 Å². The lowest BCUT2D eigenvalue weighted by Gasteiger charge is -2.31. The number of piperidine rings is 1. The van der Waals surface area contributed by atoms with Gasteiger partial charge in [-0.05, 0) is 49.1 Å². The van der Waals surface area contributed by atoms with Crippen LogP contribution < -0.4 is 5.32 Å². The Morgan fingerprint density at radius 2 is 1.81 bits per heavy atom. The van der Waals surface area contributed by atoms with Crippen LogP contribution in [0.4, 0.5) is 0 Å². The summed E-state index contributed by atoms with van der Waals surface area (Å²) in [5, 5.41) is 3.43. The highest BCUT2D eigenvalue weighted by molar-refractivity contribution is 7.89. The van der Waals surface area contributed by atoms with Crippen LogP contribution in [0, 0.1) is 5.92 Å². The Morgan fingerprint density at radius 3 is 2.52 bits per heavy atom. The zero-order valence-electron chi connectivity index (χ0n) is 15.0. The molecule has 27 heavy (non-hydrogen) atoms. The maximum atomic E-state index is 12.8. The molecule has 1 saturated heterocycles. The van der Waals surface area contributed by atoms with Crippen molar-refractivity contribution in [2.75, 3.05) is 19.6 Å². The number of halogens is 1. The van der Waals surface area contributed by atoms with Gasteiger partial charge in [0.05, 0.1) is 10.8 Å². The fourth-order valence-electron chi connectivity index (χ4n) is 3.25. The first-order valence-electron chi connectivity index (χ1n) is 9.04. The summed E-state index contributed by atoms with van der Waals surface area (Å²) in [6, 6.07) is 16.1. The Hall–Kier alpha value is -1.89. The summed E-state index contributed by atoms with van der Waals surface area (Å²) in [5.41, 5.74) is 1.16. The van der Waals surface area contributed by atoms with Crippen molar-refractivity contribution < 1.29 is 13.2 Å². The van der Waals surface area contributed by atoms with Gasteiger partial charge in [0.2, 0.25) is 15.9 Å². The quantitative estimate of drug-likeness (QED) is 0.801. The Morgan fingerprint density at radius 1 is 1.11 bits per heavy atom. The number of hydrogen-bond donors (Lipinski definition) is 1. The van der Waals surface area contributed by atoms with E-state index < -0.39 is 10.0 Å². The molecule has 0 aliphatic carbocycles. The second-order valence-corrected chi connectivity index (χ2v) is 9.06. The molecule has 1 heterocycles. The molecular formula is C20H23ClN2O3S. The summed E-state index contributed by atoms with van der Waals surface area (Å²) in [7, 11) is -3.61. The van der Waals surface area contributed by atoms with Crippen LogP contribution in [-0.4, -0.2) is 38.3 Å². The first-order chi connectivity index (χ1) is 13.0. The molecule has 3 rings (SSSR count). The molecule has 2 aromatic carbocycles. The van der Waals surface area contributed by atoms with Gasteiger partial charge in [-0.2, -0.15) is 4.31 Å². The number of sulfonamides is 1. The Kier molecular flexibility index (Phi) is 6.52. The second-order valence-electron chi connectivity index (χ2n) is 6.68. The SMILES string of the molecule is O=C(NCCc1ccccc1)[C@@H]1CCCN(S(=O)(=O)c2ccc(Cl)cc2)C1. The van der Waals surface area contributed by atoms with Crippen molar-refractivity contribution in [3.63, 3.8) is 0 Å². The first-order valence-corrected chi connectivity index (χ1v) is 10.9. The van der Waals surface area contributed by atoms with Crippen LogP contribution in [0.2, 0.25) is 5.02 Å². The third-order valence-electron chi connectivity index (χ3n) is 4.76. The minimum absolute atomic E-state index is 0.0815. The highest BCUT2D eigenvalue weighted by atomic mass is 35.5. The molecule has 1 fully saturated rings. The van der Waals surface area contributed by atoms with Crippen molar-refractivity contribution in [1.29, 1.82) is 0 Å². The molecule has 1 aliphatic rings. The fraction of sp³-hybridized carbons (Fsp3) is 0.350. The van der Waals surface area contributed by atoms with Crippen molar-refractivity contribution in [2.24, 2.45) is 5.92 Å². The Bertz CT molecular complexity index is 870. The van der Waals surface area contributed by atoms with E-state index in [1.165, 1.54) is 16.4 Å². The average molecular weight is 407 g/mol. The standard InChI is InChI=1S/C20H23ClN2O3S/c21-18-8-10-19(11-9-18)27(25,26)23-14-4-7-17(15-23)20(24)22-13-12-16-5-2-1-3-6-16/h1-3,5-6,8-11,17H,4,7,12-15H2,(H,22,24)/t17-/m1/s1. The molecule has 0 radical (unpaired) electrons. The summed E-state index contributed by atoms with van der Waals surface area (Å²) in [6.45, 7) is 1.18. The zero-order valence-corrected chi connectivity index (χ0v) is 16.5. The molecule has 0 unspecified atom stereocenters. The molecule has 0 saturated carbocycles. The van der Waals surface area contributed by atoms with E-state index in [-0.39, 0.29) is 23.3 Å². The van der Waals surface area contributed by atoms with Crippen molar-refractivity contribution >= 4 is 27.5 Å². The van der Waals surface area contributed by atoms with Crippen LogP contribution in [0.15, 0.2) is 59.5 Å². The highest BCUT2D eigenvalue weighted by Crippen LogP contribution is 2.24. The van der Waals surface area contributed by atoms with Gasteiger partial charge in [-0.1, -0.05) is 41.9 Å². The molecule has 144 valence electrons. The zero-order chi connectivity index (χ0) is 19.3. The van der Waals surface area contributed by atoms with E-state index in [4.69, 9.17) is 11.6 Å². The summed E-state index contributed by atoms with van der Waals surface area (Å²) < 4.78 is 27.0. The molecular weight excluding hydrogens is 384 g/mol. The van der Waals surface area contributed by atoms with Gasteiger partial charge < -0.3 is 5.32 Å². The lowest BCUT2D eigenvalue weighted by Crippen LogP contribution is -2.45. The van der Waals surface area contributed by atoms with Gasteiger partial charge in [0.15, 0.2) is 0 Å². The van der Waals surface area contributed by atoms with E-state index in [0.717, 1.165) is 12.0 Å². The topological polar surface area (TPSA) is 66.5 Å². The molecule has 0 bridgehead atoms. The highest BCUT2D eigenvalue weighted by Gasteiger charge is 2.33. The van der Waals surface area contributed by atoms with Crippen LogP contribution in [0.5, 0.6) is 0 Å². The van der Waals surface area contributed by atoms with Crippen LogP contribution in [0.25, 0.3) is 0 Å². The lowest BCUT2D eigenvalue weighted by molar-refractivity contribution is -0.126. The van der Waals surface area contributed by atoms with E-state index in [9.17, 15) is 13.2 Å². The maximum absolute atomic E-state index is 12.8. The van der Waals surface area contributed by atoms with Crippen molar-refractivity contribution in [3.05, 3.63) is 65.2 Å². The number of amides is 1. The number of carbonyl (C=O) groups is 1. The lowest BCUT2D eigenvalue weighted by atomic mass is 9.99. The molecule has 0 aromatic heterocycles. The smallest absolute Gasteiger partial charge is 0.243 e. The van der Waals surface area contributed by atoms with Crippen molar-refractivity contribution in [2.45, 2.75) is 24.2 Å². The number of nitrogens with zero attached hydrogens (tertiary/aromatic N) is 1. The van der Waals surface area contributed by atoms with E-state index >= 15 is 0 Å². The maximum Gasteiger partial charge on any atom is 0.243 e. The first kappa shape index (κ1) is 19.9. The van der Waals surface area contributed by atoms with E-state index in [1.807, 2.05) is 30.3 Å². The normalized spacial score (nSPS) is 18.2. The molecule has 2 aromatic rings. The monoisotopic (exact) mass is 406 g/mol. The van der Waals surface area contributed by atoms with Gasteiger partial charge in [-0.3, -0.25) is 4.79 Å². The van der Waals surface area contributed by atoms with Gasteiger partial charge in [0.25, 0.3) is 0 Å². The van der Waals surface area contributed by atoms with Gasteiger partial charge in [0.1, 0.15) is 0 Å². The summed E-state index contributed by atoms with van der Waals surface area (Å²) in [5.74, 6) is -0.404.